The quantitative estimate of drug-likeness (QED) is 0.847. The topological polar surface area (TPSA) is 55.1 Å². The zero-order valence-corrected chi connectivity index (χ0v) is 11.0. The van der Waals surface area contributed by atoms with Crippen LogP contribution in [0.5, 0.6) is 0 Å². The third kappa shape index (κ3) is 4.36. The normalized spacial score (nSPS) is 14.1. The molecule has 0 aliphatic heterocycles. The van der Waals surface area contributed by atoms with Crippen LogP contribution in [0.2, 0.25) is 5.02 Å². The fourth-order valence-electron chi connectivity index (χ4n) is 1.47. The number of benzene rings is 1. The molecule has 0 aromatic heterocycles. The zero-order valence-electron chi connectivity index (χ0n) is 10.2. The van der Waals surface area contributed by atoms with Crippen LogP contribution in [0.1, 0.15) is 25.8 Å². The summed E-state index contributed by atoms with van der Waals surface area (Å²) in [5, 5.41) is 3.49. The van der Waals surface area contributed by atoms with Crippen LogP contribution in [-0.2, 0) is 11.3 Å². The molecule has 1 aromatic rings. The molecule has 0 heterocycles. The fraction of sp³-hybridized carbons (Fsp3) is 0.462. The second kappa shape index (κ2) is 6.62. The molecule has 0 fully saturated rings. The summed E-state index contributed by atoms with van der Waals surface area (Å²) in [5.41, 5.74) is 6.80. The summed E-state index contributed by atoms with van der Waals surface area (Å²) in [6.45, 7) is 4.46. The van der Waals surface area contributed by atoms with Crippen molar-refractivity contribution in [2.75, 3.05) is 0 Å². The lowest BCUT2D eigenvalue weighted by Crippen LogP contribution is -2.44. The highest BCUT2D eigenvalue weighted by molar-refractivity contribution is 6.30. The van der Waals surface area contributed by atoms with Crippen LogP contribution in [-0.4, -0.2) is 11.9 Å². The molecule has 3 N–H and O–H groups in total. The van der Waals surface area contributed by atoms with Crippen LogP contribution < -0.4 is 11.1 Å². The second-order valence-corrected chi connectivity index (χ2v) is 4.70. The van der Waals surface area contributed by atoms with E-state index >= 15 is 0 Å². The van der Waals surface area contributed by atoms with Gasteiger partial charge in [-0.15, -0.1) is 0 Å². The van der Waals surface area contributed by atoms with Gasteiger partial charge in [0, 0.05) is 11.6 Å². The highest BCUT2D eigenvalue weighted by Gasteiger charge is 2.18. The van der Waals surface area contributed by atoms with Crippen molar-refractivity contribution in [3.8, 4) is 0 Å². The molecule has 1 aromatic carbocycles. The highest BCUT2D eigenvalue weighted by atomic mass is 35.5. The van der Waals surface area contributed by atoms with Crippen LogP contribution >= 0.6 is 11.6 Å². The van der Waals surface area contributed by atoms with Gasteiger partial charge in [0.25, 0.3) is 0 Å². The molecule has 1 rings (SSSR count). The fourth-order valence-corrected chi connectivity index (χ4v) is 1.68. The smallest absolute Gasteiger partial charge is 0.237 e. The Balaban J connectivity index is 2.48. The summed E-state index contributed by atoms with van der Waals surface area (Å²) < 4.78 is 0. The van der Waals surface area contributed by atoms with E-state index in [1.807, 2.05) is 32.0 Å². The second-order valence-electron chi connectivity index (χ2n) is 4.26. The van der Waals surface area contributed by atoms with Crippen LogP contribution in [0.25, 0.3) is 0 Å². The number of carbonyl (C=O) groups is 1. The number of halogens is 1. The lowest BCUT2D eigenvalue weighted by Gasteiger charge is -2.17. The molecule has 0 aliphatic rings. The number of nitrogens with one attached hydrogen (secondary N) is 1. The molecule has 4 heteroatoms. The Hall–Kier alpha value is -1.06. The monoisotopic (exact) mass is 254 g/mol. The Morgan fingerprint density at radius 2 is 2.24 bits per heavy atom. The van der Waals surface area contributed by atoms with Crippen LogP contribution in [0.3, 0.4) is 0 Å². The first-order valence-corrected chi connectivity index (χ1v) is 6.20. The molecule has 94 valence electrons. The zero-order chi connectivity index (χ0) is 12.8. The summed E-state index contributed by atoms with van der Waals surface area (Å²) >= 11 is 5.86. The summed E-state index contributed by atoms with van der Waals surface area (Å²) in [6, 6.07) is 6.97. The lowest BCUT2D eigenvalue weighted by atomic mass is 9.99. The molecule has 0 saturated heterocycles. The first-order valence-electron chi connectivity index (χ1n) is 5.82. The van der Waals surface area contributed by atoms with Crippen molar-refractivity contribution in [3.63, 3.8) is 0 Å². The first-order chi connectivity index (χ1) is 8.04. The number of rotatable bonds is 5. The van der Waals surface area contributed by atoms with E-state index in [1.54, 1.807) is 6.07 Å². The Bertz CT molecular complexity index is 381. The number of carbonyl (C=O) groups excluding carboxylic acids is 1. The SMILES string of the molecule is CCC(C)C(N)C(=O)NCc1cccc(Cl)c1. The molecule has 0 bridgehead atoms. The Kier molecular flexibility index (Phi) is 5.45. The third-order valence-corrected chi connectivity index (χ3v) is 3.15. The molecule has 0 aliphatic carbocycles. The van der Waals surface area contributed by atoms with Crippen molar-refractivity contribution < 1.29 is 4.79 Å². The Labute approximate surface area is 107 Å². The Morgan fingerprint density at radius 3 is 2.82 bits per heavy atom. The van der Waals surface area contributed by atoms with Gasteiger partial charge in [-0.2, -0.15) is 0 Å². The summed E-state index contributed by atoms with van der Waals surface area (Å²) in [7, 11) is 0. The van der Waals surface area contributed by atoms with E-state index in [0.717, 1.165) is 12.0 Å². The maximum Gasteiger partial charge on any atom is 0.237 e. The van der Waals surface area contributed by atoms with E-state index in [4.69, 9.17) is 17.3 Å². The maximum atomic E-state index is 11.7. The minimum Gasteiger partial charge on any atom is -0.351 e. The molecule has 1 amide bonds. The van der Waals surface area contributed by atoms with E-state index < -0.39 is 6.04 Å². The van der Waals surface area contributed by atoms with E-state index in [2.05, 4.69) is 5.32 Å². The standard InChI is InChI=1S/C13H19ClN2O/c1-3-9(2)12(15)13(17)16-8-10-5-4-6-11(14)7-10/h4-7,9,12H,3,8,15H2,1-2H3,(H,16,17). The van der Waals surface area contributed by atoms with Crippen LogP contribution in [0.15, 0.2) is 24.3 Å². The third-order valence-electron chi connectivity index (χ3n) is 2.92. The maximum absolute atomic E-state index is 11.7. The van der Waals surface area contributed by atoms with Gasteiger partial charge in [0.2, 0.25) is 5.91 Å². The largest absolute Gasteiger partial charge is 0.351 e. The number of amides is 1. The van der Waals surface area contributed by atoms with E-state index in [1.165, 1.54) is 0 Å². The molecular formula is C13H19ClN2O. The van der Waals surface area contributed by atoms with Gasteiger partial charge >= 0.3 is 0 Å². The molecule has 3 nitrogen and oxygen atoms in total. The average Bonchev–Trinajstić information content (AvgIpc) is 2.34. The van der Waals surface area contributed by atoms with Gasteiger partial charge in [-0.25, -0.2) is 0 Å². The van der Waals surface area contributed by atoms with Gasteiger partial charge < -0.3 is 11.1 Å². The average molecular weight is 255 g/mol. The predicted octanol–water partition coefficient (Wildman–Crippen LogP) is 2.33. The van der Waals surface area contributed by atoms with Crippen molar-refractivity contribution in [2.45, 2.75) is 32.9 Å². The van der Waals surface area contributed by atoms with Gasteiger partial charge in [-0.1, -0.05) is 44.0 Å². The van der Waals surface area contributed by atoms with Gasteiger partial charge in [-0.05, 0) is 23.6 Å². The molecule has 2 atom stereocenters. The number of hydrogen-bond acceptors (Lipinski definition) is 2. The minimum atomic E-state index is -0.445. The van der Waals surface area contributed by atoms with Gasteiger partial charge in [0.05, 0.1) is 6.04 Å². The Morgan fingerprint density at radius 1 is 1.53 bits per heavy atom. The van der Waals surface area contributed by atoms with E-state index in [-0.39, 0.29) is 11.8 Å². The number of hydrogen-bond donors (Lipinski definition) is 2. The lowest BCUT2D eigenvalue weighted by molar-refractivity contribution is -0.123. The van der Waals surface area contributed by atoms with Crippen molar-refractivity contribution in [3.05, 3.63) is 34.9 Å². The van der Waals surface area contributed by atoms with Crippen molar-refractivity contribution in [2.24, 2.45) is 11.7 Å². The summed E-state index contributed by atoms with van der Waals surface area (Å²) in [6.07, 6.45) is 0.895. The molecular weight excluding hydrogens is 236 g/mol. The predicted molar refractivity (Wildman–Crippen MR) is 70.7 cm³/mol. The van der Waals surface area contributed by atoms with Crippen LogP contribution in [0.4, 0.5) is 0 Å². The molecule has 2 unspecified atom stereocenters. The minimum absolute atomic E-state index is 0.112. The van der Waals surface area contributed by atoms with Crippen molar-refractivity contribution in [1.29, 1.82) is 0 Å². The summed E-state index contributed by atoms with van der Waals surface area (Å²) in [4.78, 5) is 11.7. The molecule has 0 radical (unpaired) electrons. The first kappa shape index (κ1) is 14.0. The van der Waals surface area contributed by atoms with Gasteiger partial charge in [-0.3, -0.25) is 4.79 Å². The highest BCUT2D eigenvalue weighted by Crippen LogP contribution is 2.10. The molecule has 0 spiro atoms. The van der Waals surface area contributed by atoms with Gasteiger partial charge in [0.15, 0.2) is 0 Å². The van der Waals surface area contributed by atoms with E-state index in [0.29, 0.717) is 11.6 Å². The molecule has 17 heavy (non-hydrogen) atoms. The number of nitrogens with two attached hydrogens (primary N) is 1. The molecule has 0 saturated carbocycles. The van der Waals surface area contributed by atoms with E-state index in [9.17, 15) is 4.79 Å². The van der Waals surface area contributed by atoms with Crippen molar-refractivity contribution >= 4 is 17.5 Å². The van der Waals surface area contributed by atoms with Crippen molar-refractivity contribution in [1.82, 2.24) is 5.32 Å². The van der Waals surface area contributed by atoms with Gasteiger partial charge in [0.1, 0.15) is 0 Å². The summed E-state index contributed by atoms with van der Waals surface area (Å²) in [5.74, 6) is 0.0775. The van der Waals surface area contributed by atoms with Crippen LogP contribution in [0, 0.1) is 5.92 Å².